The number of aryl methyl sites for hydroxylation is 1. The van der Waals surface area contributed by atoms with Gasteiger partial charge in [0.15, 0.2) is 0 Å². The summed E-state index contributed by atoms with van der Waals surface area (Å²) in [5.74, 6) is 0. The Bertz CT molecular complexity index is 507. The van der Waals surface area contributed by atoms with Crippen molar-refractivity contribution in [3.63, 3.8) is 0 Å². The summed E-state index contributed by atoms with van der Waals surface area (Å²) in [6, 6.07) is 18.8. The standard InChI is InChI=1S/C18H23NO/c1-14-8-10-17(11-9-14)18(20)13-19-15(2)12-16-6-4-3-5-7-16/h3-11,15,18-20H,12-13H2,1-2H3/t15?,18-/m0/s1. The van der Waals surface area contributed by atoms with E-state index in [1.54, 1.807) is 0 Å². The molecule has 20 heavy (non-hydrogen) atoms. The van der Waals surface area contributed by atoms with Crippen molar-refractivity contribution in [2.24, 2.45) is 0 Å². The fourth-order valence-electron chi connectivity index (χ4n) is 2.26. The molecule has 0 fully saturated rings. The Balaban J connectivity index is 1.81. The Morgan fingerprint density at radius 3 is 2.30 bits per heavy atom. The molecule has 2 nitrogen and oxygen atoms in total. The lowest BCUT2D eigenvalue weighted by Gasteiger charge is -2.17. The van der Waals surface area contributed by atoms with E-state index < -0.39 is 6.10 Å². The SMILES string of the molecule is Cc1ccc([C@@H](O)CNC(C)Cc2ccccc2)cc1. The highest BCUT2D eigenvalue weighted by molar-refractivity contribution is 5.23. The average molecular weight is 269 g/mol. The summed E-state index contributed by atoms with van der Waals surface area (Å²) in [6.07, 6.45) is 0.524. The van der Waals surface area contributed by atoms with Gasteiger partial charge in [0.05, 0.1) is 6.10 Å². The molecule has 2 N–H and O–H groups in total. The molecule has 0 amide bonds. The minimum atomic E-state index is -0.450. The molecule has 106 valence electrons. The zero-order valence-electron chi connectivity index (χ0n) is 12.2. The summed E-state index contributed by atoms with van der Waals surface area (Å²) in [4.78, 5) is 0. The molecule has 0 bridgehead atoms. The number of aliphatic hydroxyl groups excluding tert-OH is 1. The minimum absolute atomic E-state index is 0.345. The van der Waals surface area contributed by atoms with Crippen LogP contribution in [0.5, 0.6) is 0 Å². The number of hydrogen-bond acceptors (Lipinski definition) is 2. The van der Waals surface area contributed by atoms with Crippen molar-refractivity contribution in [3.8, 4) is 0 Å². The predicted octanol–water partition coefficient (Wildman–Crippen LogP) is 3.25. The topological polar surface area (TPSA) is 32.3 Å². The van der Waals surface area contributed by atoms with Gasteiger partial charge in [-0.1, -0.05) is 60.2 Å². The first kappa shape index (κ1) is 14.8. The molecule has 0 spiro atoms. The molecule has 2 aromatic carbocycles. The molecule has 2 rings (SSSR count). The molecule has 2 aromatic rings. The Hall–Kier alpha value is -1.64. The van der Waals surface area contributed by atoms with Gasteiger partial charge in [-0.3, -0.25) is 0 Å². The van der Waals surface area contributed by atoms with Crippen LogP contribution in [0.1, 0.15) is 29.7 Å². The molecule has 0 aliphatic heterocycles. The Morgan fingerprint density at radius 2 is 1.65 bits per heavy atom. The number of hydrogen-bond donors (Lipinski definition) is 2. The lowest BCUT2D eigenvalue weighted by atomic mass is 10.1. The van der Waals surface area contributed by atoms with Crippen molar-refractivity contribution in [1.29, 1.82) is 0 Å². The van der Waals surface area contributed by atoms with Crippen LogP contribution in [0.15, 0.2) is 54.6 Å². The van der Waals surface area contributed by atoms with Crippen molar-refractivity contribution >= 4 is 0 Å². The van der Waals surface area contributed by atoms with Crippen LogP contribution in [0.2, 0.25) is 0 Å². The average Bonchev–Trinajstić information content (AvgIpc) is 2.46. The second kappa shape index (κ2) is 7.22. The number of aliphatic hydroxyl groups is 1. The maximum absolute atomic E-state index is 10.2. The van der Waals surface area contributed by atoms with Gasteiger partial charge in [-0.15, -0.1) is 0 Å². The summed E-state index contributed by atoms with van der Waals surface area (Å²) >= 11 is 0. The molecule has 0 aromatic heterocycles. The molecule has 0 aliphatic carbocycles. The monoisotopic (exact) mass is 269 g/mol. The number of nitrogens with one attached hydrogen (secondary N) is 1. The van der Waals surface area contributed by atoms with Gasteiger partial charge >= 0.3 is 0 Å². The van der Waals surface area contributed by atoms with E-state index in [4.69, 9.17) is 0 Å². The van der Waals surface area contributed by atoms with Gasteiger partial charge in [0.2, 0.25) is 0 Å². The van der Waals surface area contributed by atoms with Crippen LogP contribution in [-0.4, -0.2) is 17.7 Å². The van der Waals surface area contributed by atoms with Crippen LogP contribution in [0.3, 0.4) is 0 Å². The van der Waals surface area contributed by atoms with Crippen LogP contribution in [-0.2, 0) is 6.42 Å². The Labute approximate surface area is 121 Å². The minimum Gasteiger partial charge on any atom is -0.387 e. The molecule has 0 saturated carbocycles. The van der Waals surface area contributed by atoms with Crippen LogP contribution in [0.4, 0.5) is 0 Å². The number of rotatable bonds is 6. The van der Waals surface area contributed by atoms with E-state index in [9.17, 15) is 5.11 Å². The maximum atomic E-state index is 10.2. The van der Waals surface area contributed by atoms with E-state index in [1.807, 2.05) is 30.3 Å². The van der Waals surface area contributed by atoms with Crippen LogP contribution >= 0.6 is 0 Å². The second-order valence-electron chi connectivity index (χ2n) is 5.43. The summed E-state index contributed by atoms with van der Waals surface area (Å²) in [6.45, 7) is 4.78. The molecule has 0 radical (unpaired) electrons. The molecular formula is C18H23NO. The first-order valence-corrected chi connectivity index (χ1v) is 7.17. The van der Waals surface area contributed by atoms with Gasteiger partial charge in [-0.2, -0.15) is 0 Å². The lowest BCUT2D eigenvalue weighted by Crippen LogP contribution is -2.32. The van der Waals surface area contributed by atoms with Gasteiger partial charge in [0, 0.05) is 12.6 Å². The summed E-state index contributed by atoms with van der Waals surface area (Å²) in [5, 5.41) is 13.6. The first-order chi connectivity index (χ1) is 9.65. The molecular weight excluding hydrogens is 246 g/mol. The number of benzene rings is 2. The van der Waals surface area contributed by atoms with E-state index >= 15 is 0 Å². The van der Waals surface area contributed by atoms with Crippen molar-refractivity contribution in [2.75, 3.05) is 6.54 Å². The summed E-state index contributed by atoms with van der Waals surface area (Å²) < 4.78 is 0. The van der Waals surface area contributed by atoms with E-state index in [1.165, 1.54) is 11.1 Å². The fraction of sp³-hybridized carbons (Fsp3) is 0.333. The van der Waals surface area contributed by atoms with Crippen molar-refractivity contribution in [1.82, 2.24) is 5.32 Å². The van der Waals surface area contributed by atoms with E-state index in [-0.39, 0.29) is 0 Å². The van der Waals surface area contributed by atoms with E-state index in [0.717, 1.165) is 12.0 Å². The van der Waals surface area contributed by atoms with Crippen molar-refractivity contribution < 1.29 is 5.11 Å². The molecule has 0 saturated heterocycles. The van der Waals surface area contributed by atoms with E-state index in [2.05, 4.69) is 43.4 Å². The zero-order chi connectivity index (χ0) is 14.4. The first-order valence-electron chi connectivity index (χ1n) is 7.17. The van der Waals surface area contributed by atoms with Gasteiger partial charge < -0.3 is 10.4 Å². The van der Waals surface area contributed by atoms with E-state index in [0.29, 0.717) is 12.6 Å². The molecule has 0 aliphatic rings. The third kappa shape index (κ3) is 4.48. The summed E-state index contributed by atoms with van der Waals surface area (Å²) in [7, 11) is 0. The van der Waals surface area contributed by atoms with Crippen molar-refractivity contribution in [2.45, 2.75) is 32.4 Å². The normalized spacial score (nSPS) is 13.9. The smallest absolute Gasteiger partial charge is 0.0914 e. The molecule has 2 atom stereocenters. The van der Waals surface area contributed by atoms with Gasteiger partial charge in [0.1, 0.15) is 0 Å². The largest absolute Gasteiger partial charge is 0.387 e. The van der Waals surface area contributed by atoms with Crippen LogP contribution < -0.4 is 5.32 Å². The zero-order valence-corrected chi connectivity index (χ0v) is 12.2. The van der Waals surface area contributed by atoms with Gasteiger partial charge in [-0.25, -0.2) is 0 Å². The van der Waals surface area contributed by atoms with Gasteiger partial charge in [0.25, 0.3) is 0 Å². The predicted molar refractivity (Wildman–Crippen MR) is 83.7 cm³/mol. The molecule has 1 unspecified atom stereocenters. The quantitative estimate of drug-likeness (QED) is 0.843. The maximum Gasteiger partial charge on any atom is 0.0914 e. The Morgan fingerprint density at radius 1 is 1.00 bits per heavy atom. The van der Waals surface area contributed by atoms with Crippen LogP contribution in [0, 0.1) is 6.92 Å². The Kier molecular flexibility index (Phi) is 5.33. The lowest BCUT2D eigenvalue weighted by molar-refractivity contribution is 0.170. The van der Waals surface area contributed by atoms with Crippen LogP contribution in [0.25, 0.3) is 0 Å². The highest BCUT2D eigenvalue weighted by Crippen LogP contribution is 2.13. The molecule has 2 heteroatoms. The third-order valence-corrected chi connectivity index (χ3v) is 3.51. The molecule has 0 heterocycles. The summed E-state index contributed by atoms with van der Waals surface area (Å²) in [5.41, 5.74) is 3.50. The third-order valence-electron chi connectivity index (χ3n) is 3.51. The highest BCUT2D eigenvalue weighted by atomic mass is 16.3. The second-order valence-corrected chi connectivity index (χ2v) is 5.43. The fourth-order valence-corrected chi connectivity index (χ4v) is 2.26. The van der Waals surface area contributed by atoms with Gasteiger partial charge in [-0.05, 0) is 31.4 Å². The van der Waals surface area contributed by atoms with Crippen molar-refractivity contribution in [3.05, 3.63) is 71.3 Å². The highest BCUT2D eigenvalue weighted by Gasteiger charge is 2.09.